The van der Waals surface area contributed by atoms with Gasteiger partial charge in [-0.15, -0.1) is 11.3 Å². The van der Waals surface area contributed by atoms with Gasteiger partial charge in [-0.3, -0.25) is 5.32 Å². The summed E-state index contributed by atoms with van der Waals surface area (Å²) < 4.78 is 37.9. The van der Waals surface area contributed by atoms with Gasteiger partial charge in [0.15, 0.2) is 16.6 Å². The van der Waals surface area contributed by atoms with Crippen molar-refractivity contribution in [1.29, 1.82) is 0 Å². The highest BCUT2D eigenvalue weighted by Gasteiger charge is 2.13. The summed E-state index contributed by atoms with van der Waals surface area (Å²) in [5.41, 5.74) is 1.51. The van der Waals surface area contributed by atoms with Crippen molar-refractivity contribution in [2.24, 2.45) is 0 Å². The quantitative estimate of drug-likeness (QED) is 0.634. The molecule has 0 saturated heterocycles. The van der Waals surface area contributed by atoms with Crippen LogP contribution in [-0.4, -0.2) is 44.8 Å². The molecule has 2 N–H and O–H groups in total. The molecule has 3 rings (SSSR count). The van der Waals surface area contributed by atoms with Crippen LogP contribution in [0.15, 0.2) is 23.6 Å². The molecule has 0 aliphatic carbocycles. The molecular weight excluding hydrogens is 394 g/mol. The van der Waals surface area contributed by atoms with E-state index in [1.807, 2.05) is 12.1 Å². The molecule has 11 heteroatoms. The summed E-state index contributed by atoms with van der Waals surface area (Å²) in [6.07, 6.45) is 1.16. The molecule has 0 radical (unpaired) electrons. The molecule has 0 atom stereocenters. The highest BCUT2D eigenvalue weighted by atomic mass is 32.2. The van der Waals surface area contributed by atoms with Crippen molar-refractivity contribution in [2.75, 3.05) is 30.7 Å². The first-order valence-electron chi connectivity index (χ1n) is 8.02. The van der Waals surface area contributed by atoms with E-state index < -0.39 is 9.84 Å². The predicted octanol–water partition coefficient (Wildman–Crippen LogP) is 1.75. The second-order valence-electron chi connectivity index (χ2n) is 5.82. The number of hydrogen-bond acceptors (Lipinski definition) is 8. The van der Waals surface area contributed by atoms with Gasteiger partial charge in [0.2, 0.25) is 6.79 Å². The minimum Gasteiger partial charge on any atom is -0.454 e. The third-order valence-corrected chi connectivity index (χ3v) is 5.23. The molecule has 2 aromatic rings. The Kier molecular flexibility index (Phi) is 6.14. The summed E-state index contributed by atoms with van der Waals surface area (Å²) in [5.74, 6) is 1.32. The second kappa shape index (κ2) is 8.55. The van der Waals surface area contributed by atoms with Crippen LogP contribution in [0.2, 0.25) is 0 Å². The number of thiazole rings is 1. The van der Waals surface area contributed by atoms with Crippen molar-refractivity contribution in [3.63, 3.8) is 0 Å². The number of benzene rings is 1. The maximum Gasteiger partial charge on any atom is 0.321 e. The lowest BCUT2D eigenvalue weighted by Crippen LogP contribution is -2.28. The van der Waals surface area contributed by atoms with Gasteiger partial charge in [-0.2, -0.15) is 0 Å². The van der Waals surface area contributed by atoms with Crippen molar-refractivity contribution in [1.82, 2.24) is 10.3 Å². The van der Waals surface area contributed by atoms with Crippen molar-refractivity contribution < 1.29 is 27.4 Å². The van der Waals surface area contributed by atoms with Gasteiger partial charge < -0.3 is 19.5 Å². The Labute approximate surface area is 160 Å². The van der Waals surface area contributed by atoms with Gasteiger partial charge in [-0.25, -0.2) is 18.2 Å². The molecular formula is C16H19N3O6S2. The molecule has 27 heavy (non-hydrogen) atoms. The van der Waals surface area contributed by atoms with Crippen LogP contribution in [0.3, 0.4) is 0 Å². The fraction of sp³-hybridized carbons (Fsp3) is 0.375. The van der Waals surface area contributed by atoms with Crippen molar-refractivity contribution in [2.45, 2.75) is 13.2 Å². The third-order valence-electron chi connectivity index (χ3n) is 3.51. The van der Waals surface area contributed by atoms with Gasteiger partial charge in [0, 0.05) is 18.2 Å². The summed E-state index contributed by atoms with van der Waals surface area (Å²) in [6.45, 7) is 0.827. The number of fused-ring (bicyclic) bond motifs is 1. The number of amides is 2. The Morgan fingerprint density at radius 2 is 2.15 bits per heavy atom. The number of aromatic nitrogens is 1. The second-order valence-corrected chi connectivity index (χ2v) is 8.94. The number of carbonyl (C=O) groups is 1. The standard InChI is InChI=1S/C16H19N3O6S2/c1-27(21,22)5-4-23-8-12-9-26-16(18-12)19-15(20)17-7-11-2-3-13-14(6-11)25-10-24-13/h2-3,6,9H,4-5,7-8,10H2,1H3,(H2,17,18,19,20). The normalized spacial score (nSPS) is 12.8. The van der Waals surface area contributed by atoms with Crippen LogP contribution >= 0.6 is 11.3 Å². The number of hydrogen-bond donors (Lipinski definition) is 2. The molecule has 0 spiro atoms. The number of urea groups is 1. The van der Waals surface area contributed by atoms with Crippen LogP contribution < -0.4 is 20.1 Å². The smallest absolute Gasteiger partial charge is 0.321 e. The molecule has 0 saturated carbocycles. The van der Waals surface area contributed by atoms with E-state index >= 15 is 0 Å². The van der Waals surface area contributed by atoms with Gasteiger partial charge in [0.25, 0.3) is 0 Å². The highest BCUT2D eigenvalue weighted by Crippen LogP contribution is 2.32. The monoisotopic (exact) mass is 413 g/mol. The SMILES string of the molecule is CS(=O)(=O)CCOCc1csc(NC(=O)NCc2ccc3c(c2)OCO3)n1. The minimum absolute atomic E-state index is 0.0372. The van der Waals surface area contributed by atoms with Crippen molar-refractivity contribution in [3.05, 3.63) is 34.8 Å². The summed E-state index contributed by atoms with van der Waals surface area (Å²) in [6, 6.07) is 5.08. The fourth-order valence-corrected chi connectivity index (χ4v) is 3.30. The number of rotatable bonds is 8. The first kappa shape index (κ1) is 19.4. The molecule has 2 heterocycles. The largest absolute Gasteiger partial charge is 0.454 e. The van der Waals surface area contributed by atoms with Crippen molar-refractivity contribution >= 4 is 32.3 Å². The van der Waals surface area contributed by atoms with Gasteiger partial charge in [-0.05, 0) is 17.7 Å². The fourth-order valence-electron chi connectivity index (χ4n) is 2.19. The maximum atomic E-state index is 12.0. The van der Waals surface area contributed by atoms with Gasteiger partial charge in [0.1, 0.15) is 9.84 Å². The first-order chi connectivity index (χ1) is 12.9. The van der Waals surface area contributed by atoms with E-state index in [9.17, 15) is 13.2 Å². The van der Waals surface area contributed by atoms with Gasteiger partial charge in [0.05, 0.1) is 24.7 Å². The molecule has 1 aromatic heterocycles. The Morgan fingerprint density at radius 1 is 1.33 bits per heavy atom. The average molecular weight is 413 g/mol. The van der Waals surface area contributed by atoms with Crippen LogP contribution in [0.5, 0.6) is 11.5 Å². The lowest BCUT2D eigenvalue weighted by molar-refractivity contribution is 0.133. The zero-order valence-corrected chi connectivity index (χ0v) is 16.2. The Morgan fingerprint density at radius 3 is 2.96 bits per heavy atom. The number of sulfone groups is 1. The average Bonchev–Trinajstić information content (AvgIpc) is 3.24. The van der Waals surface area contributed by atoms with Crippen molar-refractivity contribution in [3.8, 4) is 11.5 Å². The summed E-state index contributed by atoms with van der Waals surface area (Å²) in [7, 11) is -3.04. The van der Waals surface area contributed by atoms with Crippen LogP contribution in [0, 0.1) is 0 Å². The molecule has 1 aliphatic heterocycles. The predicted molar refractivity (Wildman–Crippen MR) is 99.9 cm³/mol. The van der Waals surface area contributed by atoms with E-state index in [1.54, 1.807) is 11.4 Å². The van der Waals surface area contributed by atoms with E-state index in [2.05, 4.69) is 15.6 Å². The lowest BCUT2D eigenvalue weighted by atomic mass is 10.2. The summed E-state index contributed by atoms with van der Waals surface area (Å²) in [5, 5.41) is 7.56. The molecule has 1 aromatic carbocycles. The lowest BCUT2D eigenvalue weighted by Gasteiger charge is -2.06. The zero-order chi connectivity index (χ0) is 19.3. The molecule has 9 nitrogen and oxygen atoms in total. The molecule has 146 valence electrons. The zero-order valence-electron chi connectivity index (χ0n) is 14.6. The van der Waals surface area contributed by atoms with E-state index in [1.165, 1.54) is 11.3 Å². The van der Waals surface area contributed by atoms with Crippen LogP contribution in [0.25, 0.3) is 0 Å². The van der Waals surface area contributed by atoms with E-state index in [4.69, 9.17) is 14.2 Å². The van der Waals surface area contributed by atoms with E-state index in [-0.39, 0.29) is 31.8 Å². The first-order valence-corrected chi connectivity index (χ1v) is 11.0. The number of anilines is 1. The number of ether oxygens (including phenoxy) is 3. The number of carbonyl (C=O) groups excluding carboxylic acids is 1. The molecule has 0 unspecified atom stereocenters. The van der Waals surface area contributed by atoms with Gasteiger partial charge in [-0.1, -0.05) is 6.07 Å². The van der Waals surface area contributed by atoms with Crippen LogP contribution in [0.4, 0.5) is 9.93 Å². The minimum atomic E-state index is -3.04. The van der Waals surface area contributed by atoms with E-state index in [0.717, 1.165) is 11.8 Å². The van der Waals surface area contributed by atoms with Gasteiger partial charge >= 0.3 is 6.03 Å². The summed E-state index contributed by atoms with van der Waals surface area (Å²) >= 11 is 1.26. The maximum absolute atomic E-state index is 12.0. The third kappa shape index (κ3) is 6.08. The summed E-state index contributed by atoms with van der Waals surface area (Å²) in [4.78, 5) is 16.2. The Bertz CT molecular complexity index is 913. The van der Waals surface area contributed by atoms with Crippen LogP contribution in [0.1, 0.15) is 11.3 Å². The topological polar surface area (TPSA) is 116 Å². The molecule has 1 aliphatic rings. The Hall–Kier alpha value is -2.37. The highest BCUT2D eigenvalue weighted by molar-refractivity contribution is 7.90. The molecule has 2 amide bonds. The molecule has 0 bridgehead atoms. The van der Waals surface area contributed by atoms with Crippen LogP contribution in [-0.2, 0) is 27.7 Å². The molecule has 0 fully saturated rings. The van der Waals surface area contributed by atoms with E-state index in [0.29, 0.717) is 28.9 Å². The number of nitrogens with one attached hydrogen (secondary N) is 2. The number of nitrogens with zero attached hydrogens (tertiary/aromatic N) is 1. The Balaban J connectivity index is 1.41.